The van der Waals surface area contributed by atoms with E-state index in [1.165, 1.54) is 18.3 Å². The first-order valence-electron chi connectivity index (χ1n) is 9.11. The molecule has 1 heterocycles. The molecule has 8 heteroatoms. The molecule has 2 aromatic carbocycles. The summed E-state index contributed by atoms with van der Waals surface area (Å²) in [5, 5.41) is 0.254. The van der Waals surface area contributed by atoms with Crippen LogP contribution in [0.15, 0.2) is 72.4 Å². The second-order valence-corrected chi connectivity index (χ2v) is 7.37. The fourth-order valence-corrected chi connectivity index (χ4v) is 3.39. The summed E-state index contributed by atoms with van der Waals surface area (Å²) in [7, 11) is 0. The molecule has 0 amide bonds. The minimum absolute atomic E-state index is 0.0149. The van der Waals surface area contributed by atoms with Gasteiger partial charge in [0.05, 0.1) is 21.8 Å². The Morgan fingerprint density at radius 2 is 1.55 bits per heavy atom. The predicted molar refractivity (Wildman–Crippen MR) is 108 cm³/mol. The van der Waals surface area contributed by atoms with Crippen LogP contribution in [0.2, 0.25) is 5.02 Å². The van der Waals surface area contributed by atoms with Gasteiger partial charge in [0.25, 0.3) is 0 Å². The molecule has 0 aliphatic rings. The van der Waals surface area contributed by atoms with E-state index < -0.39 is 29.0 Å². The summed E-state index contributed by atoms with van der Waals surface area (Å²) < 4.78 is 81.3. The van der Waals surface area contributed by atoms with Crippen LogP contribution in [0.4, 0.5) is 26.3 Å². The van der Waals surface area contributed by atoms with Crippen molar-refractivity contribution in [2.75, 3.05) is 0 Å². The number of pyridine rings is 1. The monoisotopic (exact) mass is 455 g/mol. The van der Waals surface area contributed by atoms with E-state index in [2.05, 4.69) is 4.98 Å². The topological polar surface area (TPSA) is 12.9 Å². The molecule has 0 N–H and O–H groups in total. The molecule has 0 unspecified atom stereocenters. The van der Waals surface area contributed by atoms with Gasteiger partial charge in [0.1, 0.15) is 0 Å². The summed E-state index contributed by atoms with van der Waals surface area (Å²) in [5.41, 5.74) is -1.60. The van der Waals surface area contributed by atoms with E-state index in [1.807, 2.05) is 0 Å². The maximum absolute atomic E-state index is 13.8. The van der Waals surface area contributed by atoms with Crippen molar-refractivity contribution in [1.82, 2.24) is 4.98 Å². The van der Waals surface area contributed by atoms with Gasteiger partial charge in [0.15, 0.2) is 0 Å². The van der Waals surface area contributed by atoms with Gasteiger partial charge in [-0.05, 0) is 54.8 Å². The van der Waals surface area contributed by atoms with Crippen LogP contribution < -0.4 is 0 Å². The van der Waals surface area contributed by atoms with Gasteiger partial charge in [-0.3, -0.25) is 4.98 Å². The number of hydrogen-bond acceptors (Lipinski definition) is 1. The van der Waals surface area contributed by atoms with Crippen LogP contribution in [0, 0.1) is 0 Å². The van der Waals surface area contributed by atoms with Gasteiger partial charge in [0.2, 0.25) is 0 Å². The lowest BCUT2D eigenvalue weighted by atomic mass is 9.89. The van der Waals surface area contributed by atoms with Gasteiger partial charge < -0.3 is 0 Å². The zero-order chi connectivity index (χ0) is 22.8. The summed E-state index contributed by atoms with van der Waals surface area (Å²) in [6.45, 7) is 1.58. The SMILES string of the molecule is CC(Cc1ccccc1)=C(c1ccc(Cl)cn1)c1cc(C(F)(F)F)ccc1C(F)(F)F. The Morgan fingerprint density at radius 1 is 0.871 bits per heavy atom. The van der Waals surface area contributed by atoms with Crippen LogP contribution in [0.5, 0.6) is 0 Å². The molecule has 3 aromatic rings. The van der Waals surface area contributed by atoms with E-state index in [0.717, 1.165) is 5.56 Å². The minimum atomic E-state index is -4.86. The normalized spacial score (nSPS) is 13.2. The minimum Gasteiger partial charge on any atom is -0.255 e. The Kier molecular flexibility index (Phi) is 6.46. The molecule has 0 bridgehead atoms. The third kappa shape index (κ3) is 5.47. The smallest absolute Gasteiger partial charge is 0.255 e. The standard InChI is InChI=1S/C23H16ClF6N/c1-14(11-15-5-3-2-4-6-15)21(20-10-8-17(24)13-31-20)18-12-16(22(25,26)27)7-9-19(18)23(28,29)30/h2-10,12-13H,11H2,1H3. The number of alkyl halides is 6. The molecule has 162 valence electrons. The molecule has 1 aromatic heterocycles. The van der Waals surface area contributed by atoms with Gasteiger partial charge >= 0.3 is 12.4 Å². The van der Waals surface area contributed by atoms with E-state index in [4.69, 9.17) is 11.6 Å². The highest BCUT2D eigenvalue weighted by molar-refractivity contribution is 6.30. The highest BCUT2D eigenvalue weighted by Gasteiger charge is 2.38. The van der Waals surface area contributed by atoms with Crippen molar-refractivity contribution < 1.29 is 26.3 Å². The number of rotatable bonds is 4. The second kappa shape index (κ2) is 8.75. The van der Waals surface area contributed by atoms with E-state index in [9.17, 15) is 26.3 Å². The van der Waals surface area contributed by atoms with Crippen LogP contribution >= 0.6 is 11.6 Å². The number of halogens is 7. The van der Waals surface area contributed by atoms with Gasteiger partial charge in [-0.25, -0.2) is 0 Å². The fourth-order valence-electron chi connectivity index (χ4n) is 3.28. The summed E-state index contributed by atoms with van der Waals surface area (Å²) in [6, 6.07) is 13.2. The number of allylic oxidation sites excluding steroid dienone is 1. The lowest BCUT2D eigenvalue weighted by Gasteiger charge is -2.20. The predicted octanol–water partition coefficient (Wildman–Crippen LogP) is 7.84. The van der Waals surface area contributed by atoms with Gasteiger partial charge in [0, 0.05) is 11.8 Å². The van der Waals surface area contributed by atoms with Crippen LogP contribution in [0.3, 0.4) is 0 Å². The molecule has 0 aliphatic heterocycles. The second-order valence-electron chi connectivity index (χ2n) is 6.94. The van der Waals surface area contributed by atoms with Crippen LogP contribution in [-0.4, -0.2) is 4.98 Å². The van der Waals surface area contributed by atoms with E-state index in [-0.39, 0.29) is 22.7 Å². The summed E-state index contributed by atoms with van der Waals surface area (Å²) in [6.07, 6.45) is -8.18. The molecular weight excluding hydrogens is 440 g/mol. The molecule has 1 nitrogen and oxygen atoms in total. The molecule has 0 atom stereocenters. The van der Waals surface area contributed by atoms with Crippen molar-refractivity contribution in [1.29, 1.82) is 0 Å². The summed E-state index contributed by atoms with van der Waals surface area (Å²) in [4.78, 5) is 4.09. The van der Waals surface area contributed by atoms with Gasteiger partial charge in [-0.2, -0.15) is 26.3 Å². The van der Waals surface area contributed by atoms with Crippen molar-refractivity contribution in [3.8, 4) is 0 Å². The van der Waals surface area contributed by atoms with Crippen LogP contribution in [-0.2, 0) is 18.8 Å². The molecule has 0 saturated carbocycles. The molecular formula is C23H16ClF6N. The van der Waals surface area contributed by atoms with Crippen LogP contribution in [0.1, 0.15) is 34.9 Å². The number of benzene rings is 2. The Labute approximate surface area is 180 Å². The van der Waals surface area contributed by atoms with E-state index >= 15 is 0 Å². The van der Waals surface area contributed by atoms with Gasteiger partial charge in [-0.1, -0.05) is 47.5 Å². The molecule has 0 fully saturated rings. The zero-order valence-electron chi connectivity index (χ0n) is 16.2. The van der Waals surface area contributed by atoms with E-state index in [1.54, 1.807) is 37.3 Å². The molecule has 0 spiro atoms. The molecule has 0 radical (unpaired) electrons. The zero-order valence-corrected chi connectivity index (χ0v) is 16.9. The van der Waals surface area contributed by atoms with Gasteiger partial charge in [-0.15, -0.1) is 0 Å². The fraction of sp³-hybridized carbons (Fsp3) is 0.174. The van der Waals surface area contributed by atoms with Crippen molar-refractivity contribution in [3.63, 3.8) is 0 Å². The molecule has 0 saturated heterocycles. The number of hydrogen-bond donors (Lipinski definition) is 0. The van der Waals surface area contributed by atoms with Crippen LogP contribution in [0.25, 0.3) is 5.57 Å². The summed E-state index contributed by atoms with van der Waals surface area (Å²) >= 11 is 5.85. The Hall–Kier alpha value is -2.80. The van der Waals surface area contributed by atoms with E-state index in [0.29, 0.717) is 23.8 Å². The summed E-state index contributed by atoms with van der Waals surface area (Å²) in [5.74, 6) is 0. The third-order valence-corrected chi connectivity index (χ3v) is 4.87. The quantitative estimate of drug-likeness (QED) is 0.365. The highest BCUT2D eigenvalue weighted by atomic mass is 35.5. The average Bonchev–Trinajstić information content (AvgIpc) is 2.69. The average molecular weight is 456 g/mol. The van der Waals surface area contributed by atoms with Crippen molar-refractivity contribution in [2.24, 2.45) is 0 Å². The van der Waals surface area contributed by atoms with Crippen molar-refractivity contribution in [3.05, 3.63) is 105 Å². The van der Waals surface area contributed by atoms with Crippen molar-refractivity contribution >= 4 is 17.2 Å². The highest BCUT2D eigenvalue weighted by Crippen LogP contribution is 2.41. The largest absolute Gasteiger partial charge is 0.417 e. The Balaban J connectivity index is 2.31. The first-order valence-corrected chi connectivity index (χ1v) is 9.49. The Bertz CT molecular complexity index is 1080. The molecule has 3 rings (SSSR count). The molecule has 31 heavy (non-hydrogen) atoms. The lowest BCUT2D eigenvalue weighted by Crippen LogP contribution is -2.14. The lowest BCUT2D eigenvalue weighted by molar-refractivity contribution is -0.141. The maximum atomic E-state index is 13.8. The number of nitrogens with zero attached hydrogens (tertiary/aromatic N) is 1. The first-order chi connectivity index (χ1) is 14.5. The molecule has 0 aliphatic carbocycles. The maximum Gasteiger partial charge on any atom is 0.417 e. The Morgan fingerprint density at radius 3 is 2.10 bits per heavy atom. The first kappa shape index (κ1) is 22.9. The van der Waals surface area contributed by atoms with Crippen molar-refractivity contribution in [2.45, 2.75) is 25.7 Å². The number of aromatic nitrogens is 1. The third-order valence-electron chi connectivity index (χ3n) is 4.64.